The summed E-state index contributed by atoms with van der Waals surface area (Å²) in [6.45, 7) is 2.87. The monoisotopic (exact) mass is 385 g/mol. The normalized spacial score (nSPS) is 10.7. The Balaban J connectivity index is 1.87. The van der Waals surface area contributed by atoms with Crippen molar-refractivity contribution in [3.63, 3.8) is 0 Å². The zero-order valence-electron chi connectivity index (χ0n) is 15.0. The van der Waals surface area contributed by atoms with Crippen molar-refractivity contribution in [3.8, 4) is 17.1 Å². The molecule has 0 aliphatic carbocycles. The Morgan fingerprint density at radius 3 is 2.67 bits per heavy atom. The molecule has 0 atom stereocenters. The second-order valence-corrected chi connectivity index (χ2v) is 6.68. The third kappa shape index (κ3) is 4.25. The molecule has 8 nitrogen and oxygen atoms in total. The van der Waals surface area contributed by atoms with E-state index in [1.54, 1.807) is 25.6 Å². The number of benzene rings is 1. The van der Waals surface area contributed by atoms with Crippen molar-refractivity contribution in [3.05, 3.63) is 58.4 Å². The van der Waals surface area contributed by atoms with Crippen molar-refractivity contribution in [2.75, 3.05) is 7.11 Å². The van der Waals surface area contributed by atoms with Gasteiger partial charge in [0.15, 0.2) is 11.0 Å². The maximum atomic E-state index is 11.1. The van der Waals surface area contributed by atoms with Gasteiger partial charge in [-0.05, 0) is 24.6 Å². The highest BCUT2D eigenvalue weighted by atomic mass is 32.2. The van der Waals surface area contributed by atoms with Gasteiger partial charge in [0.05, 0.1) is 12.0 Å². The van der Waals surface area contributed by atoms with E-state index in [2.05, 4.69) is 26.7 Å². The summed E-state index contributed by atoms with van der Waals surface area (Å²) in [4.78, 5) is 14.7. The number of rotatable bonds is 8. The second-order valence-electron chi connectivity index (χ2n) is 5.74. The molecule has 0 bridgehead atoms. The Bertz CT molecular complexity index is 930. The molecule has 3 rings (SSSR count). The first-order chi connectivity index (χ1) is 13.1. The lowest BCUT2D eigenvalue weighted by molar-refractivity contribution is -0.384. The lowest BCUT2D eigenvalue weighted by Gasteiger charge is -2.10. The molecule has 0 spiro atoms. The van der Waals surface area contributed by atoms with Gasteiger partial charge >= 0.3 is 0 Å². The lowest BCUT2D eigenvalue weighted by Crippen LogP contribution is -2.02. The molecule has 0 unspecified atom stereocenters. The minimum absolute atomic E-state index is 0.0406. The highest BCUT2D eigenvalue weighted by Crippen LogP contribution is 2.31. The zero-order valence-corrected chi connectivity index (χ0v) is 15.8. The minimum Gasteiger partial charge on any atom is -0.496 e. The third-order valence-electron chi connectivity index (χ3n) is 3.93. The highest BCUT2D eigenvalue weighted by Gasteiger charge is 2.16. The van der Waals surface area contributed by atoms with Crippen molar-refractivity contribution in [1.82, 2.24) is 19.7 Å². The van der Waals surface area contributed by atoms with Crippen LogP contribution in [0.2, 0.25) is 0 Å². The number of nitrogens with zero attached hydrogens (tertiary/aromatic N) is 5. The standard InChI is InChI=1S/C18H19N5O3S/c1-3-10-22-17(13-6-8-19-9-7-13)20-21-18(22)27-12-14-11-15(23(24)25)4-5-16(14)26-2/h4-9,11H,3,10,12H2,1-2H3. The van der Waals surface area contributed by atoms with E-state index in [1.165, 1.54) is 23.9 Å². The molecule has 27 heavy (non-hydrogen) atoms. The van der Waals surface area contributed by atoms with Gasteiger partial charge in [0.2, 0.25) is 0 Å². The van der Waals surface area contributed by atoms with Crippen LogP contribution in [0.4, 0.5) is 5.69 Å². The van der Waals surface area contributed by atoms with E-state index in [0.717, 1.165) is 35.1 Å². The summed E-state index contributed by atoms with van der Waals surface area (Å²) in [7, 11) is 1.55. The van der Waals surface area contributed by atoms with E-state index in [1.807, 2.05) is 12.1 Å². The summed E-state index contributed by atoms with van der Waals surface area (Å²) >= 11 is 1.48. The summed E-state index contributed by atoms with van der Waals surface area (Å²) in [6.07, 6.45) is 4.38. The Kier molecular flexibility index (Phi) is 6.02. The Labute approximate surface area is 160 Å². The Morgan fingerprint density at radius 2 is 2.00 bits per heavy atom. The molecule has 2 heterocycles. The quantitative estimate of drug-likeness (QED) is 0.329. The topological polar surface area (TPSA) is 96.0 Å². The van der Waals surface area contributed by atoms with E-state index in [9.17, 15) is 10.1 Å². The van der Waals surface area contributed by atoms with Crippen molar-refractivity contribution in [2.24, 2.45) is 0 Å². The number of pyridine rings is 1. The molecule has 0 saturated heterocycles. The van der Waals surface area contributed by atoms with Gasteiger partial charge in [0.25, 0.3) is 5.69 Å². The fourth-order valence-corrected chi connectivity index (χ4v) is 3.61. The molecule has 0 aliphatic rings. The van der Waals surface area contributed by atoms with Gasteiger partial charge in [-0.3, -0.25) is 15.1 Å². The number of hydrogen-bond acceptors (Lipinski definition) is 7. The molecule has 1 aromatic carbocycles. The largest absolute Gasteiger partial charge is 0.496 e. The molecule has 0 amide bonds. The number of ether oxygens (including phenoxy) is 1. The van der Waals surface area contributed by atoms with Crippen LogP contribution >= 0.6 is 11.8 Å². The molecule has 0 fully saturated rings. The van der Waals surface area contributed by atoms with Gasteiger partial charge in [0.1, 0.15) is 5.75 Å². The number of nitro groups is 1. The summed E-state index contributed by atoms with van der Waals surface area (Å²) in [5.74, 6) is 1.89. The third-order valence-corrected chi connectivity index (χ3v) is 4.95. The van der Waals surface area contributed by atoms with Crippen LogP contribution in [0.15, 0.2) is 47.9 Å². The van der Waals surface area contributed by atoms with Crippen LogP contribution in [0, 0.1) is 10.1 Å². The summed E-state index contributed by atoms with van der Waals surface area (Å²) in [5.41, 5.74) is 1.73. The average Bonchev–Trinajstić information content (AvgIpc) is 3.09. The van der Waals surface area contributed by atoms with E-state index in [4.69, 9.17) is 4.74 Å². The maximum absolute atomic E-state index is 11.1. The number of hydrogen-bond donors (Lipinski definition) is 0. The first kappa shape index (κ1) is 18.8. The highest BCUT2D eigenvalue weighted by molar-refractivity contribution is 7.98. The maximum Gasteiger partial charge on any atom is 0.270 e. The van der Waals surface area contributed by atoms with Crippen LogP contribution in [0.25, 0.3) is 11.4 Å². The number of thioether (sulfide) groups is 1. The smallest absolute Gasteiger partial charge is 0.270 e. The first-order valence-electron chi connectivity index (χ1n) is 8.41. The lowest BCUT2D eigenvalue weighted by atomic mass is 10.2. The molecule has 2 aromatic heterocycles. The molecule has 0 saturated carbocycles. The average molecular weight is 385 g/mol. The summed E-state index contributed by atoms with van der Waals surface area (Å²) in [5, 5.41) is 20.5. The van der Waals surface area contributed by atoms with Crippen molar-refractivity contribution < 1.29 is 9.66 Å². The molecule has 3 aromatic rings. The number of methoxy groups -OCH3 is 1. The predicted molar refractivity (Wildman–Crippen MR) is 103 cm³/mol. The minimum atomic E-state index is -0.408. The van der Waals surface area contributed by atoms with Crippen LogP contribution in [0.1, 0.15) is 18.9 Å². The van der Waals surface area contributed by atoms with Crippen molar-refractivity contribution in [2.45, 2.75) is 30.8 Å². The summed E-state index contributed by atoms with van der Waals surface area (Å²) < 4.78 is 7.39. The van der Waals surface area contributed by atoms with E-state index < -0.39 is 4.92 Å². The molecule has 0 radical (unpaired) electrons. The Morgan fingerprint density at radius 1 is 1.22 bits per heavy atom. The summed E-state index contributed by atoms with van der Waals surface area (Å²) in [6, 6.07) is 8.39. The predicted octanol–water partition coefficient (Wildman–Crippen LogP) is 3.96. The van der Waals surface area contributed by atoms with Gasteiger partial charge < -0.3 is 9.30 Å². The van der Waals surface area contributed by atoms with Gasteiger partial charge in [-0.15, -0.1) is 10.2 Å². The zero-order chi connectivity index (χ0) is 19.2. The van der Waals surface area contributed by atoms with E-state index in [0.29, 0.717) is 11.5 Å². The fraction of sp³-hybridized carbons (Fsp3) is 0.278. The molecule has 140 valence electrons. The number of aromatic nitrogens is 4. The number of nitro benzene ring substituents is 1. The fourth-order valence-electron chi connectivity index (χ4n) is 2.67. The molecule has 0 aliphatic heterocycles. The SMILES string of the molecule is CCCn1c(SCc2cc([N+](=O)[O-])ccc2OC)nnc1-c1ccncc1. The second kappa shape index (κ2) is 8.63. The van der Waals surface area contributed by atoms with Gasteiger partial charge in [-0.1, -0.05) is 18.7 Å². The molecular formula is C18H19N5O3S. The number of non-ortho nitro benzene ring substituents is 1. The van der Waals surface area contributed by atoms with Gasteiger partial charge in [-0.2, -0.15) is 0 Å². The van der Waals surface area contributed by atoms with Crippen molar-refractivity contribution >= 4 is 17.4 Å². The molecular weight excluding hydrogens is 366 g/mol. The van der Waals surface area contributed by atoms with Crippen LogP contribution in [-0.2, 0) is 12.3 Å². The van der Waals surface area contributed by atoms with Crippen LogP contribution in [-0.4, -0.2) is 31.8 Å². The Hall–Kier alpha value is -2.94. The first-order valence-corrected chi connectivity index (χ1v) is 9.40. The van der Waals surface area contributed by atoms with E-state index >= 15 is 0 Å². The van der Waals surface area contributed by atoms with Crippen LogP contribution in [0.3, 0.4) is 0 Å². The molecule has 9 heteroatoms. The van der Waals surface area contributed by atoms with E-state index in [-0.39, 0.29) is 5.69 Å². The molecule has 0 N–H and O–H groups in total. The van der Waals surface area contributed by atoms with Gasteiger partial charge in [0, 0.05) is 48.0 Å². The van der Waals surface area contributed by atoms with Crippen LogP contribution < -0.4 is 4.74 Å². The van der Waals surface area contributed by atoms with Crippen molar-refractivity contribution in [1.29, 1.82) is 0 Å². The van der Waals surface area contributed by atoms with Crippen LogP contribution in [0.5, 0.6) is 5.75 Å². The van der Waals surface area contributed by atoms with Gasteiger partial charge in [-0.25, -0.2) is 0 Å².